The Balaban J connectivity index is 1.62. The van der Waals surface area contributed by atoms with E-state index in [1.54, 1.807) is 23.5 Å². The van der Waals surface area contributed by atoms with Gasteiger partial charge in [0.1, 0.15) is 5.82 Å². The highest BCUT2D eigenvalue weighted by Gasteiger charge is 2.25. The molecule has 3 rings (SSSR count). The van der Waals surface area contributed by atoms with Crippen molar-refractivity contribution in [2.75, 3.05) is 18.4 Å². The molecule has 21 heavy (non-hydrogen) atoms. The fourth-order valence-electron chi connectivity index (χ4n) is 2.70. The van der Waals surface area contributed by atoms with Crippen molar-refractivity contribution in [3.63, 3.8) is 0 Å². The largest absolute Gasteiger partial charge is 0.325 e. The summed E-state index contributed by atoms with van der Waals surface area (Å²) in [5, 5.41) is 4.92. The van der Waals surface area contributed by atoms with Crippen LogP contribution in [-0.4, -0.2) is 23.9 Å². The number of carbonyl (C=O) groups excluding carboxylic acids is 1. The first kappa shape index (κ1) is 14.2. The first-order valence-electron chi connectivity index (χ1n) is 6.99. The highest BCUT2D eigenvalue weighted by atomic mass is 32.1. The molecular weight excluding hydrogens is 287 g/mol. The molecular formula is C16H17FN2OS. The molecule has 1 aliphatic rings. The lowest BCUT2D eigenvalue weighted by atomic mass is 10.0. The molecule has 0 bridgehead atoms. The van der Waals surface area contributed by atoms with Gasteiger partial charge in [-0.15, -0.1) is 11.3 Å². The van der Waals surface area contributed by atoms with Crippen LogP contribution in [0.25, 0.3) is 0 Å². The zero-order valence-corrected chi connectivity index (χ0v) is 12.6. The van der Waals surface area contributed by atoms with Crippen molar-refractivity contribution in [2.24, 2.45) is 0 Å². The zero-order chi connectivity index (χ0) is 14.8. The van der Waals surface area contributed by atoms with Crippen molar-refractivity contribution in [1.29, 1.82) is 0 Å². The standard InChI is InChI=1S/C16H17FN2OS/c1-11-14-7-9-21-15(14)6-8-19(11)10-16(20)18-13-4-2-12(17)3-5-13/h2-5,7,9,11H,6,8,10H2,1H3,(H,18,20)/t11-/m1/s1. The monoisotopic (exact) mass is 304 g/mol. The molecule has 0 radical (unpaired) electrons. The number of hydrogen-bond acceptors (Lipinski definition) is 3. The lowest BCUT2D eigenvalue weighted by Crippen LogP contribution is -2.39. The van der Waals surface area contributed by atoms with Gasteiger partial charge in [-0.2, -0.15) is 0 Å². The molecule has 2 heterocycles. The molecule has 0 saturated carbocycles. The van der Waals surface area contributed by atoms with E-state index < -0.39 is 0 Å². The summed E-state index contributed by atoms with van der Waals surface area (Å²) in [7, 11) is 0. The summed E-state index contributed by atoms with van der Waals surface area (Å²) in [6.45, 7) is 3.38. The van der Waals surface area contributed by atoms with Gasteiger partial charge in [-0.1, -0.05) is 0 Å². The quantitative estimate of drug-likeness (QED) is 0.942. The number of rotatable bonds is 3. The number of anilines is 1. The van der Waals surface area contributed by atoms with E-state index >= 15 is 0 Å². The maximum atomic E-state index is 12.8. The fourth-order valence-corrected chi connectivity index (χ4v) is 3.66. The van der Waals surface area contributed by atoms with Crippen LogP contribution in [0.15, 0.2) is 35.7 Å². The van der Waals surface area contributed by atoms with Gasteiger partial charge in [-0.05, 0) is 54.6 Å². The Morgan fingerprint density at radius 1 is 1.38 bits per heavy atom. The maximum Gasteiger partial charge on any atom is 0.238 e. The van der Waals surface area contributed by atoms with Crippen molar-refractivity contribution in [2.45, 2.75) is 19.4 Å². The van der Waals surface area contributed by atoms with E-state index in [-0.39, 0.29) is 17.8 Å². The second kappa shape index (κ2) is 5.95. The van der Waals surface area contributed by atoms with E-state index in [2.05, 4.69) is 28.6 Å². The number of benzene rings is 1. The van der Waals surface area contributed by atoms with Crippen molar-refractivity contribution < 1.29 is 9.18 Å². The highest BCUT2D eigenvalue weighted by molar-refractivity contribution is 7.10. The number of thiophene rings is 1. The van der Waals surface area contributed by atoms with E-state index in [1.807, 2.05) is 0 Å². The van der Waals surface area contributed by atoms with Gasteiger partial charge in [-0.3, -0.25) is 9.69 Å². The summed E-state index contributed by atoms with van der Waals surface area (Å²) >= 11 is 1.79. The molecule has 1 N–H and O–H groups in total. The van der Waals surface area contributed by atoms with E-state index in [1.165, 1.54) is 22.6 Å². The number of carbonyl (C=O) groups is 1. The molecule has 0 unspecified atom stereocenters. The number of nitrogens with zero attached hydrogens (tertiary/aromatic N) is 1. The van der Waals surface area contributed by atoms with Crippen LogP contribution in [0.5, 0.6) is 0 Å². The van der Waals surface area contributed by atoms with Crippen LogP contribution in [0.2, 0.25) is 0 Å². The predicted molar refractivity (Wildman–Crippen MR) is 83.0 cm³/mol. The van der Waals surface area contributed by atoms with Crippen LogP contribution >= 0.6 is 11.3 Å². The minimum Gasteiger partial charge on any atom is -0.325 e. The van der Waals surface area contributed by atoms with E-state index in [4.69, 9.17) is 0 Å². The van der Waals surface area contributed by atoms with Crippen LogP contribution in [0.3, 0.4) is 0 Å². The number of amides is 1. The predicted octanol–water partition coefficient (Wildman–Crippen LogP) is 3.45. The molecule has 1 aliphatic heterocycles. The lowest BCUT2D eigenvalue weighted by molar-refractivity contribution is -0.117. The fraction of sp³-hybridized carbons (Fsp3) is 0.312. The van der Waals surface area contributed by atoms with Gasteiger partial charge in [0.15, 0.2) is 0 Å². The summed E-state index contributed by atoms with van der Waals surface area (Å²) in [4.78, 5) is 15.7. The van der Waals surface area contributed by atoms with E-state index in [0.717, 1.165) is 13.0 Å². The minimum atomic E-state index is -0.303. The minimum absolute atomic E-state index is 0.0628. The normalized spacial score (nSPS) is 18.3. The molecule has 0 saturated heterocycles. The Hall–Kier alpha value is -1.72. The molecule has 110 valence electrons. The van der Waals surface area contributed by atoms with Gasteiger partial charge in [-0.25, -0.2) is 4.39 Å². The third-order valence-electron chi connectivity index (χ3n) is 3.88. The van der Waals surface area contributed by atoms with Crippen LogP contribution < -0.4 is 5.32 Å². The number of halogens is 1. The van der Waals surface area contributed by atoms with Gasteiger partial charge in [0.25, 0.3) is 0 Å². The van der Waals surface area contributed by atoms with Crippen LogP contribution in [0.4, 0.5) is 10.1 Å². The third-order valence-corrected chi connectivity index (χ3v) is 4.87. The smallest absolute Gasteiger partial charge is 0.238 e. The Morgan fingerprint density at radius 3 is 2.90 bits per heavy atom. The molecule has 5 heteroatoms. The molecule has 1 atom stereocenters. The maximum absolute atomic E-state index is 12.8. The molecule has 0 fully saturated rings. The molecule has 3 nitrogen and oxygen atoms in total. The molecule has 0 aliphatic carbocycles. The number of hydrogen-bond donors (Lipinski definition) is 1. The van der Waals surface area contributed by atoms with Crippen LogP contribution in [0, 0.1) is 5.82 Å². The molecule has 1 aromatic carbocycles. The SMILES string of the molecule is C[C@@H]1c2ccsc2CCN1CC(=O)Nc1ccc(F)cc1. The van der Waals surface area contributed by atoms with Gasteiger partial charge >= 0.3 is 0 Å². The van der Waals surface area contributed by atoms with Gasteiger partial charge in [0.05, 0.1) is 6.54 Å². The topological polar surface area (TPSA) is 32.3 Å². The summed E-state index contributed by atoms with van der Waals surface area (Å²) in [5.74, 6) is -0.366. The Bertz CT molecular complexity index is 638. The van der Waals surface area contributed by atoms with Gasteiger partial charge in [0.2, 0.25) is 5.91 Å². The van der Waals surface area contributed by atoms with Gasteiger partial charge < -0.3 is 5.32 Å². The Morgan fingerprint density at radius 2 is 2.14 bits per heavy atom. The van der Waals surface area contributed by atoms with Gasteiger partial charge in [0, 0.05) is 23.2 Å². The second-order valence-corrected chi connectivity index (χ2v) is 6.25. The van der Waals surface area contributed by atoms with E-state index in [0.29, 0.717) is 12.2 Å². The van der Waals surface area contributed by atoms with Crippen molar-refractivity contribution in [1.82, 2.24) is 4.90 Å². The van der Waals surface area contributed by atoms with Crippen molar-refractivity contribution >= 4 is 22.9 Å². The van der Waals surface area contributed by atoms with Crippen LogP contribution in [0.1, 0.15) is 23.4 Å². The van der Waals surface area contributed by atoms with Crippen molar-refractivity contribution in [3.05, 3.63) is 52.0 Å². The molecule has 1 aromatic heterocycles. The molecule has 2 aromatic rings. The molecule has 1 amide bonds. The average Bonchev–Trinajstić information content (AvgIpc) is 2.94. The Kier molecular flexibility index (Phi) is 4.03. The van der Waals surface area contributed by atoms with Crippen LogP contribution in [-0.2, 0) is 11.2 Å². The second-order valence-electron chi connectivity index (χ2n) is 5.25. The lowest BCUT2D eigenvalue weighted by Gasteiger charge is -2.32. The zero-order valence-electron chi connectivity index (χ0n) is 11.8. The summed E-state index contributed by atoms with van der Waals surface area (Å²) in [6.07, 6.45) is 1.00. The van der Waals surface area contributed by atoms with Crippen molar-refractivity contribution in [3.8, 4) is 0 Å². The Labute approximate surface area is 127 Å². The summed E-state index contributed by atoms with van der Waals surface area (Å²) in [5.41, 5.74) is 1.96. The highest BCUT2D eigenvalue weighted by Crippen LogP contribution is 2.32. The van der Waals surface area contributed by atoms with E-state index in [9.17, 15) is 9.18 Å². The number of nitrogens with one attached hydrogen (secondary N) is 1. The average molecular weight is 304 g/mol. The number of fused-ring (bicyclic) bond motifs is 1. The summed E-state index contributed by atoms with van der Waals surface area (Å²) in [6, 6.07) is 8.25. The molecule has 0 spiro atoms. The third kappa shape index (κ3) is 3.14. The first-order valence-corrected chi connectivity index (χ1v) is 7.87. The first-order chi connectivity index (χ1) is 10.1. The summed E-state index contributed by atoms with van der Waals surface area (Å²) < 4.78 is 12.8.